The molecule has 41 heteroatoms. The van der Waals surface area contributed by atoms with Crippen molar-refractivity contribution in [1.29, 1.82) is 0 Å². The lowest BCUT2D eigenvalue weighted by atomic mass is 9.46. The first-order valence-electron chi connectivity index (χ1n) is 49.9. The van der Waals surface area contributed by atoms with Crippen LogP contribution in [0.2, 0.25) is 0 Å². The molecule has 1 aliphatic heterocycles. The summed E-state index contributed by atoms with van der Waals surface area (Å²) >= 11 is 0. The number of carbonyl (C=O) groups excluding carboxylic acids is 18. The van der Waals surface area contributed by atoms with Gasteiger partial charge in [0.25, 0.3) is 0 Å². The average molecular weight is 2010 g/mol. The van der Waals surface area contributed by atoms with E-state index in [9.17, 15) is 77.3 Å². The molecule has 1 heterocycles. The molecule has 4 fully saturated rings. The largest absolute Gasteiger partial charge is 0.511 e. The van der Waals surface area contributed by atoms with Crippen molar-refractivity contribution < 1.29 is 139 Å². The number of ether oxygens (including phenoxy) is 9. The molecule has 0 aromatic carbocycles. The lowest BCUT2D eigenvalue weighted by molar-refractivity contribution is -0.181. The molecule has 3 saturated carbocycles. The molecule has 41 nitrogen and oxygen atoms in total. The van der Waals surface area contributed by atoms with Gasteiger partial charge in [0.2, 0.25) is 77.6 Å². The Morgan fingerprint density at radius 3 is 1.58 bits per heavy atom. The van der Waals surface area contributed by atoms with Gasteiger partial charge in [-0.25, -0.2) is 4.79 Å². The number of aliphatic hydroxyl groups excluding tert-OH is 1. The number of rotatable bonds is 39. The fourth-order valence-corrected chi connectivity index (χ4v) is 19.9. The van der Waals surface area contributed by atoms with Gasteiger partial charge in [-0.1, -0.05) is 135 Å². The monoisotopic (exact) mass is 2010 g/mol. The van der Waals surface area contributed by atoms with Gasteiger partial charge in [0.05, 0.1) is 71.6 Å². The van der Waals surface area contributed by atoms with Crippen LogP contribution in [0.15, 0.2) is 36.0 Å². The molecule has 802 valence electrons. The fraction of sp³-hybridized carbons (Fsp3) is 0.762. The number of hydrogen-bond acceptors (Lipinski definition) is 30. The third-order valence-corrected chi connectivity index (χ3v) is 28.1. The molecular weight excluding hydrogens is 1850 g/mol. The molecule has 0 aromatic heterocycles. The second-order valence-electron chi connectivity index (χ2n) is 41.4. The molecule has 0 radical (unpaired) electrons. The van der Waals surface area contributed by atoms with Gasteiger partial charge in [0.1, 0.15) is 91.4 Å². The molecule has 10 unspecified atom stereocenters. The highest BCUT2D eigenvalue weighted by molar-refractivity contribution is 6.02. The third-order valence-electron chi connectivity index (χ3n) is 28.1. The first-order valence-corrected chi connectivity index (χ1v) is 49.9. The van der Waals surface area contributed by atoms with Gasteiger partial charge in [-0.3, -0.25) is 81.5 Å². The highest BCUT2D eigenvalue weighted by Gasteiger charge is 2.68. The molecular formula is C101H164N12O29. The Kier molecular flexibility index (Phi) is 48.3. The molecule has 142 heavy (non-hydrogen) atoms. The Labute approximate surface area is 837 Å². The maximum atomic E-state index is 15.9. The smallest absolute Gasteiger partial charge is 0.463 e. The summed E-state index contributed by atoms with van der Waals surface area (Å²) in [4.78, 5) is 264. The van der Waals surface area contributed by atoms with Crippen molar-refractivity contribution in [1.82, 2.24) is 55.6 Å². The molecule has 0 bridgehead atoms. The number of carbonyl (C=O) groups is 18. The number of amides is 11. The van der Waals surface area contributed by atoms with Crippen LogP contribution in [0, 0.1) is 70.0 Å². The predicted octanol–water partition coefficient (Wildman–Crippen LogP) is 4.69. The van der Waals surface area contributed by atoms with Crippen molar-refractivity contribution in [2.75, 3.05) is 122 Å². The van der Waals surface area contributed by atoms with Crippen LogP contribution in [0.5, 0.6) is 0 Å². The van der Waals surface area contributed by atoms with Gasteiger partial charge in [-0.15, -0.1) is 0 Å². The second kappa shape index (κ2) is 56.2. The molecule has 1 saturated heterocycles. The van der Waals surface area contributed by atoms with E-state index in [1.165, 1.54) is 77.9 Å². The van der Waals surface area contributed by atoms with Crippen LogP contribution in [0.3, 0.4) is 0 Å². The zero-order valence-corrected chi connectivity index (χ0v) is 88.5. The topological polar surface area (TPSA) is 528 Å². The Morgan fingerprint density at radius 2 is 1.04 bits per heavy atom. The third kappa shape index (κ3) is 33.1. The summed E-state index contributed by atoms with van der Waals surface area (Å²) in [5.41, 5.74) is 3.64. The van der Waals surface area contributed by atoms with E-state index in [-0.39, 0.29) is 164 Å². The number of fused-ring (bicyclic) bond motifs is 5. The Bertz CT molecular complexity index is 4460. The average Bonchev–Trinajstić information content (AvgIpc) is 1.49. The van der Waals surface area contributed by atoms with Crippen LogP contribution in [0.1, 0.15) is 221 Å². The summed E-state index contributed by atoms with van der Waals surface area (Å²) in [7, 11) is 9.40. The Morgan fingerprint density at radius 1 is 0.542 bits per heavy atom. The number of hydrogen-bond donors (Lipinski definition) is 7. The van der Waals surface area contributed by atoms with Crippen molar-refractivity contribution >= 4 is 107 Å². The summed E-state index contributed by atoms with van der Waals surface area (Å²) in [5.74, 6) is -16.7. The number of likely N-dealkylation sites (N-methyl/N-ethyl adjacent to an activating group) is 7. The summed E-state index contributed by atoms with van der Waals surface area (Å²) in [6, 6.07) is -15.4. The SMILES string of the molecule is C/C=C/C[C@@H](C)C(OC(=O)OCOC(=O)C[C@@H](N)C(=O)OCCOCCOCCOCCOC(=O)CCC(=O)OCC(=O)[C@@]1(O)CCC2C3CCC4=CC(=O)C=C[C@]4(C)C3[C@@H](O)C[C@@]21C)[C@H]1C(=O)NC(CC)C(=O)N(C)CC(=O)N(C)[C@H](CC(C)C)C(=O)NC(C(C)C)C(=O)N(C)C(CC(C)C)C(=O)N[C@@H](C)C(=O)NC(C)C(=O)N(C)[C@H](CC(C)C)C(=O)N(C)C(CC(C)C)C(=O)N(C)C(C(C)C)C(=O)N1C. The number of nitrogens with two attached hydrogens (primary N) is 1. The highest BCUT2D eigenvalue weighted by Crippen LogP contribution is 2.67. The standard InChI is InChI=1S/C101H164N12O29/c1-27-29-30-63(15)86(142-98(132)141-56-140-81(120)52-70(102)97(131)138-46-44-136-42-40-134-39-41-135-43-45-137-79(118)33-34-80(119)139-55-77(116)101(133)38-36-69-68-32-31-66-51-67(114)35-37-99(66,18)82(68)76(115)53-100(69,101)19)85-90(124)105-71(28-2)92(126)107(20)54-78(117)108(21)72(47-57(3)4)89(123)106-83(61(11)12)95(129)109(22)73(48-58(5)6)88(122)103-64(16)87(121)104-65(17)91(125)110(23)74(49-59(7)8)93(127)111(24)75(50-60(9)10)94(128)112(25)84(62(13)14)96(130)113(85)26/h27,29,35,37,51,57-65,68-76,82-86,115,133H,28,30-34,36,38-50,52-56,102H2,1-26H3,(H,103,122)(H,104,121)(H,105,124)(H,106,123)/b29-27+/t63-,64+,65?,68?,69?,70-,71?,72-,73?,74-,75?,76+,82?,83?,84?,85+,86?,99+,100+,101+/m1/s1. The highest BCUT2D eigenvalue weighted by atomic mass is 16.8. The Hall–Kier alpha value is -10.4. The minimum atomic E-state index is -1.94. The fourth-order valence-electron chi connectivity index (χ4n) is 19.9. The molecule has 11 amide bonds. The lowest BCUT2D eigenvalue weighted by Gasteiger charge is -2.59. The van der Waals surface area contributed by atoms with Crippen molar-refractivity contribution in [3.8, 4) is 0 Å². The van der Waals surface area contributed by atoms with Crippen LogP contribution in [-0.4, -0.2) is 357 Å². The maximum absolute atomic E-state index is 15.9. The molecule has 20 atom stereocenters. The minimum Gasteiger partial charge on any atom is -0.463 e. The summed E-state index contributed by atoms with van der Waals surface area (Å²) in [6.45, 7) is 30.0. The molecule has 0 spiro atoms. The number of nitrogens with one attached hydrogen (secondary N) is 4. The van der Waals surface area contributed by atoms with Gasteiger partial charge in [0.15, 0.2) is 12.4 Å². The van der Waals surface area contributed by atoms with E-state index in [2.05, 4.69) is 21.3 Å². The van der Waals surface area contributed by atoms with Gasteiger partial charge >= 0.3 is 30.0 Å². The summed E-state index contributed by atoms with van der Waals surface area (Å²) in [6.07, 6.45) is 5.13. The molecule has 5 aliphatic rings. The first kappa shape index (κ1) is 122. The van der Waals surface area contributed by atoms with Crippen LogP contribution < -0.4 is 27.0 Å². The first-order chi connectivity index (χ1) is 66.4. The summed E-state index contributed by atoms with van der Waals surface area (Å²) < 4.78 is 48.5. The molecule has 8 N–H and O–H groups in total. The van der Waals surface area contributed by atoms with Crippen LogP contribution >= 0.6 is 0 Å². The number of allylic oxidation sites excluding steroid dienone is 6. The predicted molar refractivity (Wildman–Crippen MR) is 520 cm³/mol. The second-order valence-corrected chi connectivity index (χ2v) is 41.4. The van der Waals surface area contributed by atoms with Gasteiger partial charge in [0, 0.05) is 66.1 Å². The van der Waals surface area contributed by atoms with Crippen LogP contribution in [0.4, 0.5) is 4.79 Å². The Balaban J connectivity index is 1.25. The van der Waals surface area contributed by atoms with E-state index >= 15 is 19.2 Å². The number of nitrogens with zero attached hydrogens (tertiary/aromatic N) is 7. The zero-order valence-electron chi connectivity index (χ0n) is 88.5. The normalized spacial score (nSPS) is 27.9. The molecule has 5 rings (SSSR count). The van der Waals surface area contributed by atoms with Crippen molar-refractivity contribution in [2.45, 2.75) is 306 Å². The van der Waals surface area contributed by atoms with Crippen molar-refractivity contribution in [3.05, 3.63) is 36.0 Å². The van der Waals surface area contributed by atoms with Crippen LogP contribution in [0.25, 0.3) is 0 Å². The van der Waals surface area contributed by atoms with Gasteiger partial charge < -0.3 is 114 Å². The quantitative estimate of drug-likeness (QED) is 0.0144. The molecule has 4 aliphatic carbocycles. The van der Waals surface area contributed by atoms with E-state index in [1.807, 2.05) is 75.3 Å². The van der Waals surface area contributed by atoms with Crippen molar-refractivity contribution in [2.24, 2.45) is 75.7 Å². The van der Waals surface area contributed by atoms with E-state index in [0.717, 1.165) is 25.2 Å². The van der Waals surface area contributed by atoms with Gasteiger partial charge in [-0.05, 0) is 157 Å². The van der Waals surface area contributed by atoms with E-state index in [0.29, 0.717) is 19.3 Å². The van der Waals surface area contributed by atoms with Crippen LogP contribution in [-0.2, 0) is 124 Å². The van der Waals surface area contributed by atoms with Gasteiger partial charge in [-0.2, -0.15) is 0 Å². The summed E-state index contributed by atoms with van der Waals surface area (Å²) in [5, 5.41) is 34.6. The van der Waals surface area contributed by atoms with E-state index < -0.39 is 240 Å². The maximum Gasteiger partial charge on any atom is 0.511 e. The minimum absolute atomic E-state index is 0.00425. The number of aliphatic hydroxyl groups is 2. The zero-order chi connectivity index (χ0) is 107. The lowest BCUT2D eigenvalue weighted by Crippen LogP contribution is -2.64. The van der Waals surface area contributed by atoms with Crippen molar-refractivity contribution in [3.63, 3.8) is 0 Å². The van der Waals surface area contributed by atoms with E-state index in [4.69, 9.17) is 48.4 Å². The molecule has 0 aromatic rings. The number of Topliss-reactive ketones (excluding diaryl/α,β-unsaturated/α-hetero) is 1. The number of esters is 4. The number of ketones is 2. The van der Waals surface area contributed by atoms with E-state index in [1.54, 1.807) is 72.8 Å².